The Hall–Kier alpha value is -2.09. The van der Waals surface area contributed by atoms with E-state index in [4.69, 9.17) is 4.42 Å². The van der Waals surface area contributed by atoms with Crippen molar-refractivity contribution < 1.29 is 9.52 Å². The molecule has 1 aliphatic heterocycles. The molecule has 1 aliphatic rings. The van der Waals surface area contributed by atoms with E-state index in [0.717, 1.165) is 0 Å². The van der Waals surface area contributed by atoms with Crippen molar-refractivity contribution in [2.45, 2.75) is 18.6 Å². The van der Waals surface area contributed by atoms with Crippen LogP contribution < -0.4 is 5.63 Å². The van der Waals surface area contributed by atoms with Crippen molar-refractivity contribution in [2.75, 3.05) is 0 Å². The standard InChI is InChI=1S/C19H15NO3S3/c1-11-9-13(21)18(19(22)23-11)12-10-17(25-8-6-20-12)16-5-4-15(26-16)14-3-2-7-24-14/h2-9,17,21H,10H2,1H3. The number of thiophene rings is 2. The van der Waals surface area contributed by atoms with Crippen molar-refractivity contribution in [1.82, 2.24) is 0 Å². The molecule has 4 nitrogen and oxygen atoms in total. The molecule has 3 aromatic rings. The van der Waals surface area contributed by atoms with Crippen LogP contribution in [0.1, 0.15) is 27.9 Å². The second kappa shape index (κ2) is 7.26. The molecule has 0 bridgehead atoms. The lowest BCUT2D eigenvalue weighted by molar-refractivity contribution is 0.432. The molecular weight excluding hydrogens is 386 g/mol. The Morgan fingerprint density at radius 1 is 1.27 bits per heavy atom. The average molecular weight is 402 g/mol. The zero-order valence-corrected chi connectivity index (χ0v) is 16.3. The van der Waals surface area contributed by atoms with E-state index in [1.807, 2.05) is 11.5 Å². The summed E-state index contributed by atoms with van der Waals surface area (Å²) in [4.78, 5) is 20.3. The van der Waals surface area contributed by atoms with E-state index in [-0.39, 0.29) is 16.6 Å². The fourth-order valence-electron chi connectivity index (χ4n) is 2.80. The van der Waals surface area contributed by atoms with E-state index in [9.17, 15) is 9.90 Å². The largest absolute Gasteiger partial charge is 0.507 e. The predicted octanol–water partition coefficient (Wildman–Crippen LogP) is 5.58. The van der Waals surface area contributed by atoms with Gasteiger partial charge in [-0.2, -0.15) is 0 Å². The summed E-state index contributed by atoms with van der Waals surface area (Å²) in [5, 5.41) is 14.4. The van der Waals surface area contributed by atoms with Crippen molar-refractivity contribution in [3.63, 3.8) is 0 Å². The molecule has 0 spiro atoms. The van der Waals surface area contributed by atoms with E-state index in [1.54, 1.807) is 47.6 Å². The van der Waals surface area contributed by atoms with Gasteiger partial charge in [0.1, 0.15) is 17.1 Å². The molecular formula is C19H15NO3S3. The smallest absolute Gasteiger partial charge is 0.348 e. The van der Waals surface area contributed by atoms with Crippen molar-refractivity contribution in [3.05, 3.63) is 73.9 Å². The van der Waals surface area contributed by atoms with Crippen LogP contribution in [0.4, 0.5) is 0 Å². The Balaban J connectivity index is 1.66. The number of thioether (sulfide) groups is 1. The number of aromatic hydroxyl groups is 1. The first-order chi connectivity index (χ1) is 12.6. The summed E-state index contributed by atoms with van der Waals surface area (Å²) in [7, 11) is 0. The predicted molar refractivity (Wildman–Crippen MR) is 110 cm³/mol. The number of hydrogen-bond donors (Lipinski definition) is 1. The first kappa shape index (κ1) is 17.3. The van der Waals surface area contributed by atoms with Crippen molar-refractivity contribution in [3.8, 4) is 15.5 Å². The maximum absolute atomic E-state index is 12.2. The monoisotopic (exact) mass is 401 g/mol. The number of nitrogens with zero attached hydrogens (tertiary/aromatic N) is 1. The molecule has 7 heteroatoms. The van der Waals surface area contributed by atoms with Crippen molar-refractivity contribution in [1.29, 1.82) is 0 Å². The fraction of sp³-hybridized carbons (Fsp3) is 0.158. The second-order valence-electron chi connectivity index (χ2n) is 5.77. The van der Waals surface area contributed by atoms with Crippen LogP contribution >= 0.6 is 34.4 Å². The quantitative estimate of drug-likeness (QED) is 0.622. The summed E-state index contributed by atoms with van der Waals surface area (Å²) in [5.41, 5.74) is 0.155. The van der Waals surface area contributed by atoms with Gasteiger partial charge >= 0.3 is 5.63 Å². The van der Waals surface area contributed by atoms with Gasteiger partial charge < -0.3 is 9.52 Å². The Morgan fingerprint density at radius 2 is 2.15 bits per heavy atom. The Bertz CT molecular complexity index is 1040. The summed E-state index contributed by atoms with van der Waals surface area (Å²) in [6.07, 6.45) is 2.22. The molecule has 1 unspecified atom stereocenters. The zero-order chi connectivity index (χ0) is 18.1. The molecule has 0 aliphatic carbocycles. The number of aryl methyl sites for hydroxylation is 1. The van der Waals surface area contributed by atoms with Gasteiger partial charge in [-0.3, -0.25) is 4.99 Å². The lowest BCUT2D eigenvalue weighted by Crippen LogP contribution is -2.16. The van der Waals surface area contributed by atoms with Gasteiger partial charge in [0.2, 0.25) is 0 Å². The van der Waals surface area contributed by atoms with Crippen LogP contribution in [0.5, 0.6) is 5.75 Å². The van der Waals surface area contributed by atoms with Gasteiger partial charge in [-0.15, -0.1) is 34.4 Å². The van der Waals surface area contributed by atoms with E-state index < -0.39 is 5.63 Å². The lowest BCUT2D eigenvalue weighted by atomic mass is 10.1. The minimum Gasteiger partial charge on any atom is -0.507 e. The van der Waals surface area contributed by atoms with Crippen LogP contribution in [-0.4, -0.2) is 10.8 Å². The molecule has 26 heavy (non-hydrogen) atoms. The maximum Gasteiger partial charge on any atom is 0.348 e. The van der Waals surface area contributed by atoms with Crippen LogP contribution in [0.3, 0.4) is 0 Å². The summed E-state index contributed by atoms with van der Waals surface area (Å²) in [6, 6.07) is 9.88. The normalized spacial score (nSPS) is 17.1. The van der Waals surface area contributed by atoms with E-state index >= 15 is 0 Å². The van der Waals surface area contributed by atoms with E-state index in [0.29, 0.717) is 17.9 Å². The highest BCUT2D eigenvalue weighted by Gasteiger charge is 2.24. The molecule has 0 amide bonds. The molecule has 132 valence electrons. The molecule has 1 N–H and O–H groups in total. The summed E-state index contributed by atoms with van der Waals surface area (Å²) in [5.74, 6) is 0.299. The van der Waals surface area contributed by atoms with E-state index in [2.05, 4.69) is 28.6 Å². The maximum atomic E-state index is 12.2. The first-order valence-electron chi connectivity index (χ1n) is 7.96. The van der Waals surface area contributed by atoms with Crippen molar-refractivity contribution in [2.24, 2.45) is 4.99 Å². The molecule has 3 aromatic heterocycles. The molecule has 0 saturated carbocycles. The SMILES string of the molecule is Cc1cc(O)c(C2=NC=CSC(c3ccc(-c4cccs4)s3)C2)c(=O)o1. The van der Waals surface area contributed by atoms with Gasteiger partial charge in [0.25, 0.3) is 0 Å². The summed E-state index contributed by atoms with van der Waals surface area (Å²) in [6.45, 7) is 1.64. The summed E-state index contributed by atoms with van der Waals surface area (Å²) < 4.78 is 5.15. The summed E-state index contributed by atoms with van der Waals surface area (Å²) >= 11 is 5.14. The highest BCUT2D eigenvalue weighted by molar-refractivity contribution is 8.02. The van der Waals surface area contributed by atoms with Gasteiger partial charge in [-0.05, 0) is 35.9 Å². The highest BCUT2D eigenvalue weighted by atomic mass is 32.2. The lowest BCUT2D eigenvalue weighted by Gasteiger charge is -2.13. The van der Waals surface area contributed by atoms with Crippen LogP contribution in [0.2, 0.25) is 0 Å². The number of aliphatic imine (C=N–C) groups is 1. The number of rotatable bonds is 3. The number of hydrogen-bond acceptors (Lipinski definition) is 7. The molecule has 0 saturated heterocycles. The first-order valence-corrected chi connectivity index (χ1v) is 10.6. The third-order valence-electron chi connectivity index (χ3n) is 3.96. The molecule has 0 aromatic carbocycles. The molecule has 4 heterocycles. The molecule has 4 rings (SSSR count). The van der Waals surface area contributed by atoms with Crippen LogP contribution in [0.15, 0.2) is 61.5 Å². The van der Waals surface area contributed by atoms with Gasteiger partial charge in [0, 0.05) is 38.6 Å². The highest BCUT2D eigenvalue weighted by Crippen LogP contribution is 2.42. The van der Waals surface area contributed by atoms with Crippen LogP contribution in [-0.2, 0) is 0 Å². The fourth-order valence-corrected chi connectivity index (χ4v) is 5.72. The third kappa shape index (κ3) is 3.42. The minimum absolute atomic E-state index is 0.0815. The average Bonchev–Trinajstić information content (AvgIpc) is 3.23. The molecule has 1 atom stereocenters. The Labute approximate surface area is 162 Å². The molecule has 0 fully saturated rings. The minimum atomic E-state index is -0.550. The van der Waals surface area contributed by atoms with Gasteiger partial charge in [0.15, 0.2) is 0 Å². The molecule has 0 radical (unpaired) electrons. The van der Waals surface area contributed by atoms with Crippen LogP contribution in [0.25, 0.3) is 9.75 Å². The van der Waals surface area contributed by atoms with Crippen LogP contribution in [0, 0.1) is 6.92 Å². The second-order valence-corrected chi connectivity index (χ2v) is 8.95. The topological polar surface area (TPSA) is 62.8 Å². The third-order valence-corrected chi connectivity index (χ3v) is 7.41. The van der Waals surface area contributed by atoms with Gasteiger partial charge in [-0.1, -0.05) is 6.07 Å². The van der Waals surface area contributed by atoms with E-state index in [1.165, 1.54) is 20.7 Å². The van der Waals surface area contributed by atoms with Gasteiger partial charge in [-0.25, -0.2) is 4.79 Å². The van der Waals surface area contributed by atoms with Crippen molar-refractivity contribution >= 4 is 40.1 Å². The Kier molecular flexibility index (Phi) is 4.84. The zero-order valence-electron chi connectivity index (χ0n) is 13.8. The van der Waals surface area contributed by atoms with Gasteiger partial charge in [0.05, 0.1) is 5.71 Å². The Morgan fingerprint density at radius 3 is 2.92 bits per heavy atom.